The Hall–Kier alpha value is -1.23. The van der Waals surface area contributed by atoms with Gasteiger partial charge in [-0.25, -0.2) is 4.98 Å². The number of nitrogens with one attached hydrogen (secondary N) is 1. The predicted molar refractivity (Wildman–Crippen MR) is 87.1 cm³/mol. The number of hydrogen-bond acceptors (Lipinski definition) is 5. The molecule has 21 heavy (non-hydrogen) atoms. The van der Waals surface area contributed by atoms with Crippen LogP contribution in [0.25, 0.3) is 0 Å². The summed E-state index contributed by atoms with van der Waals surface area (Å²) in [7, 11) is 0. The summed E-state index contributed by atoms with van der Waals surface area (Å²) in [6.07, 6.45) is 3.62. The Labute approximate surface area is 130 Å². The summed E-state index contributed by atoms with van der Waals surface area (Å²) in [5.74, 6) is 0.813. The number of ketones is 1. The molecular formula is C16H23N3OS. The average Bonchev–Trinajstić information content (AvgIpc) is 2.93. The normalized spacial score (nSPS) is 31.9. The maximum absolute atomic E-state index is 11.5. The van der Waals surface area contributed by atoms with Gasteiger partial charge in [0.2, 0.25) is 5.13 Å². The molecule has 0 aliphatic heterocycles. The number of Topliss-reactive ketones (excluding diaryl/α,β-unsaturated/α-hetero) is 1. The molecule has 0 radical (unpaired) electrons. The number of aryl methyl sites for hydroxylation is 1. The van der Waals surface area contributed by atoms with Crippen molar-refractivity contribution in [2.75, 3.05) is 5.43 Å². The topological polar surface area (TPSA) is 54.4 Å². The summed E-state index contributed by atoms with van der Waals surface area (Å²) >= 11 is 1.39. The van der Waals surface area contributed by atoms with Crippen molar-refractivity contribution in [3.8, 4) is 0 Å². The fraction of sp³-hybridized carbons (Fsp3) is 0.688. The summed E-state index contributed by atoms with van der Waals surface area (Å²) in [6, 6.07) is 0. The summed E-state index contributed by atoms with van der Waals surface area (Å²) in [5, 5.41) is 5.38. The molecule has 2 atom stereocenters. The smallest absolute Gasteiger partial charge is 0.204 e. The Kier molecular flexibility index (Phi) is 3.24. The molecule has 5 heteroatoms. The third kappa shape index (κ3) is 2.05. The number of nitrogens with zero attached hydrogens (tertiary/aromatic N) is 2. The number of hydrazone groups is 1. The SMILES string of the molecule is CC(=O)c1sc(N/N=C2/C[C@@H]3CC[C@]2(C)C3(C)C)nc1C. The first-order valence-corrected chi connectivity index (χ1v) is 8.39. The van der Waals surface area contributed by atoms with Gasteiger partial charge in [0.15, 0.2) is 5.78 Å². The molecule has 4 nitrogen and oxygen atoms in total. The van der Waals surface area contributed by atoms with E-state index in [0.717, 1.165) is 28.0 Å². The first-order chi connectivity index (χ1) is 9.75. The quantitative estimate of drug-likeness (QED) is 0.670. The Bertz CT molecular complexity index is 631. The summed E-state index contributed by atoms with van der Waals surface area (Å²) in [4.78, 5) is 16.6. The largest absolute Gasteiger partial charge is 0.294 e. The second-order valence-electron chi connectivity index (χ2n) is 7.15. The van der Waals surface area contributed by atoms with Crippen molar-refractivity contribution in [3.05, 3.63) is 10.6 Å². The van der Waals surface area contributed by atoms with Crippen LogP contribution >= 0.6 is 11.3 Å². The van der Waals surface area contributed by atoms with Gasteiger partial charge in [-0.1, -0.05) is 32.1 Å². The monoisotopic (exact) mass is 305 g/mol. The van der Waals surface area contributed by atoms with E-state index in [1.165, 1.54) is 29.9 Å². The number of aromatic nitrogens is 1. The molecule has 114 valence electrons. The molecule has 1 N–H and O–H groups in total. The second kappa shape index (κ2) is 4.63. The van der Waals surface area contributed by atoms with Crippen LogP contribution < -0.4 is 5.43 Å². The molecule has 2 saturated carbocycles. The summed E-state index contributed by atoms with van der Waals surface area (Å²) < 4.78 is 0. The van der Waals surface area contributed by atoms with Crippen LogP contribution in [0.3, 0.4) is 0 Å². The fourth-order valence-corrected chi connectivity index (χ4v) is 4.79. The van der Waals surface area contributed by atoms with Gasteiger partial charge in [0, 0.05) is 18.1 Å². The number of anilines is 1. The summed E-state index contributed by atoms with van der Waals surface area (Å²) in [5.41, 5.74) is 5.67. The number of carbonyl (C=O) groups is 1. The molecule has 1 heterocycles. The maximum Gasteiger partial charge on any atom is 0.204 e. The number of carbonyl (C=O) groups excluding carboxylic acids is 1. The Morgan fingerprint density at radius 2 is 2.14 bits per heavy atom. The maximum atomic E-state index is 11.5. The van der Waals surface area contributed by atoms with Gasteiger partial charge in [0.1, 0.15) is 0 Å². The fourth-order valence-electron chi connectivity index (χ4n) is 3.98. The first-order valence-electron chi connectivity index (χ1n) is 7.57. The van der Waals surface area contributed by atoms with Gasteiger partial charge in [0.05, 0.1) is 10.6 Å². The lowest BCUT2D eigenvalue weighted by Gasteiger charge is -2.34. The van der Waals surface area contributed by atoms with E-state index in [-0.39, 0.29) is 11.2 Å². The van der Waals surface area contributed by atoms with E-state index < -0.39 is 0 Å². The molecule has 0 unspecified atom stereocenters. The number of fused-ring (bicyclic) bond motifs is 2. The second-order valence-corrected chi connectivity index (χ2v) is 8.15. The van der Waals surface area contributed by atoms with Crippen LogP contribution in [0.4, 0.5) is 5.13 Å². The molecule has 2 aliphatic rings. The van der Waals surface area contributed by atoms with Crippen molar-refractivity contribution in [1.29, 1.82) is 0 Å². The van der Waals surface area contributed by atoms with Crippen LogP contribution in [0, 0.1) is 23.7 Å². The van der Waals surface area contributed by atoms with Crippen molar-refractivity contribution in [2.45, 2.75) is 53.9 Å². The molecule has 1 aromatic heterocycles. The standard InChI is InChI=1S/C16H23N3OS/c1-9-13(10(2)20)21-14(17-9)19-18-12-8-11-6-7-16(12,5)15(11,3)4/h11H,6-8H2,1-5H3,(H,17,19)/b18-12-/t11-,16-/m0/s1. The van der Waals surface area contributed by atoms with Crippen LogP contribution in [-0.2, 0) is 0 Å². The zero-order valence-corrected chi connectivity index (χ0v) is 14.2. The van der Waals surface area contributed by atoms with Crippen molar-refractivity contribution >= 4 is 28.0 Å². The van der Waals surface area contributed by atoms with E-state index >= 15 is 0 Å². The zero-order valence-electron chi connectivity index (χ0n) is 13.4. The van der Waals surface area contributed by atoms with E-state index in [2.05, 4.69) is 36.3 Å². The van der Waals surface area contributed by atoms with Gasteiger partial charge in [-0.15, -0.1) is 0 Å². The highest BCUT2D eigenvalue weighted by Crippen LogP contribution is 2.63. The Balaban J connectivity index is 1.82. The molecular weight excluding hydrogens is 282 g/mol. The molecule has 0 amide bonds. The minimum absolute atomic E-state index is 0.0683. The molecule has 2 aliphatic carbocycles. The van der Waals surface area contributed by atoms with Crippen LogP contribution in [0.5, 0.6) is 0 Å². The molecule has 0 aromatic carbocycles. The van der Waals surface area contributed by atoms with Crippen molar-refractivity contribution in [1.82, 2.24) is 4.98 Å². The number of hydrogen-bond donors (Lipinski definition) is 1. The molecule has 0 spiro atoms. The van der Waals surface area contributed by atoms with E-state index in [9.17, 15) is 4.79 Å². The van der Waals surface area contributed by atoms with Crippen LogP contribution in [0.1, 0.15) is 62.3 Å². The van der Waals surface area contributed by atoms with E-state index in [0.29, 0.717) is 5.41 Å². The van der Waals surface area contributed by atoms with Crippen molar-refractivity contribution < 1.29 is 4.79 Å². The highest BCUT2D eigenvalue weighted by molar-refractivity contribution is 7.17. The Morgan fingerprint density at radius 1 is 1.43 bits per heavy atom. The Morgan fingerprint density at radius 3 is 2.62 bits per heavy atom. The summed E-state index contributed by atoms with van der Waals surface area (Å²) in [6.45, 7) is 10.5. The van der Waals surface area contributed by atoms with Gasteiger partial charge in [-0.2, -0.15) is 5.10 Å². The third-order valence-electron chi connectivity index (χ3n) is 5.92. The van der Waals surface area contributed by atoms with Gasteiger partial charge >= 0.3 is 0 Å². The number of thiazole rings is 1. The lowest BCUT2D eigenvalue weighted by Crippen LogP contribution is -2.32. The first kappa shape index (κ1) is 14.7. The van der Waals surface area contributed by atoms with Gasteiger partial charge in [0.25, 0.3) is 0 Å². The predicted octanol–water partition coefficient (Wildman–Crippen LogP) is 4.27. The van der Waals surface area contributed by atoms with E-state index in [4.69, 9.17) is 0 Å². The zero-order chi connectivity index (χ0) is 15.4. The van der Waals surface area contributed by atoms with Gasteiger partial charge in [-0.3, -0.25) is 10.2 Å². The highest BCUT2D eigenvalue weighted by Gasteiger charge is 2.59. The van der Waals surface area contributed by atoms with Crippen LogP contribution in [0.15, 0.2) is 5.10 Å². The van der Waals surface area contributed by atoms with Crippen molar-refractivity contribution in [2.24, 2.45) is 21.8 Å². The lowest BCUT2D eigenvalue weighted by atomic mass is 9.70. The van der Waals surface area contributed by atoms with Crippen LogP contribution in [-0.4, -0.2) is 16.5 Å². The molecule has 2 fully saturated rings. The minimum atomic E-state index is 0.0683. The molecule has 3 rings (SSSR count). The molecule has 2 bridgehead atoms. The van der Waals surface area contributed by atoms with Crippen LogP contribution in [0.2, 0.25) is 0 Å². The highest BCUT2D eigenvalue weighted by atomic mass is 32.1. The molecule has 1 aromatic rings. The van der Waals surface area contributed by atoms with E-state index in [1.54, 1.807) is 6.92 Å². The molecule has 0 saturated heterocycles. The van der Waals surface area contributed by atoms with E-state index in [1.807, 2.05) is 6.92 Å². The lowest BCUT2D eigenvalue weighted by molar-refractivity contribution is 0.102. The van der Waals surface area contributed by atoms with Gasteiger partial charge < -0.3 is 0 Å². The number of rotatable bonds is 3. The van der Waals surface area contributed by atoms with Crippen molar-refractivity contribution in [3.63, 3.8) is 0 Å². The average molecular weight is 305 g/mol. The minimum Gasteiger partial charge on any atom is -0.294 e. The third-order valence-corrected chi connectivity index (χ3v) is 7.08. The van der Waals surface area contributed by atoms with Gasteiger partial charge in [-0.05, 0) is 37.5 Å².